The minimum absolute atomic E-state index is 0.824. The molecule has 0 saturated carbocycles. The van der Waals surface area contributed by atoms with Crippen LogP contribution in [-0.4, -0.2) is 15.0 Å². The second kappa shape index (κ2) is 6.01. The number of aromatic nitrogens is 3. The largest absolute Gasteiger partial charge is 0.260 e. The van der Waals surface area contributed by atoms with Crippen molar-refractivity contribution in [2.24, 2.45) is 0 Å². The molecule has 3 nitrogen and oxygen atoms in total. The van der Waals surface area contributed by atoms with Crippen LogP contribution >= 0.6 is 11.8 Å². The van der Waals surface area contributed by atoms with E-state index >= 15 is 0 Å². The molecule has 0 amide bonds. The van der Waals surface area contributed by atoms with Crippen molar-refractivity contribution in [2.45, 2.75) is 24.1 Å². The summed E-state index contributed by atoms with van der Waals surface area (Å²) >= 11 is 1.72. The van der Waals surface area contributed by atoms with E-state index in [1.54, 1.807) is 11.8 Å². The third-order valence-electron chi connectivity index (χ3n) is 3.01. The average Bonchev–Trinajstić information content (AvgIpc) is 2.53. The Balaban J connectivity index is 1.93. The number of aryl methyl sites for hydroxylation is 1. The highest BCUT2D eigenvalue weighted by atomic mass is 32.2. The molecule has 0 saturated heterocycles. The fourth-order valence-corrected chi connectivity index (χ4v) is 2.94. The number of fused-ring (bicyclic) bond motifs is 1. The fraction of sp³-hybridized carbons (Fsp3) is 0.188. The maximum atomic E-state index is 4.66. The standard InChI is InChI=1S/C16H15N3S/c1-2-15-18-14-9-4-3-8-13(14)16(19-15)20-11-12-7-5-6-10-17-12/h3-10H,2,11H2,1H3. The first-order chi connectivity index (χ1) is 9.86. The molecule has 0 radical (unpaired) electrons. The normalized spacial score (nSPS) is 10.8. The molecule has 0 N–H and O–H groups in total. The summed E-state index contributed by atoms with van der Waals surface area (Å²) in [6.45, 7) is 2.08. The number of pyridine rings is 1. The molecule has 2 aromatic heterocycles. The molecule has 0 bridgehead atoms. The summed E-state index contributed by atoms with van der Waals surface area (Å²) in [5, 5.41) is 2.16. The van der Waals surface area contributed by atoms with E-state index in [1.165, 1.54) is 0 Å². The van der Waals surface area contributed by atoms with Gasteiger partial charge in [-0.05, 0) is 18.2 Å². The lowest BCUT2D eigenvalue weighted by Gasteiger charge is -2.07. The monoisotopic (exact) mass is 281 g/mol. The van der Waals surface area contributed by atoms with Crippen molar-refractivity contribution < 1.29 is 0 Å². The molecular weight excluding hydrogens is 266 g/mol. The zero-order chi connectivity index (χ0) is 13.8. The van der Waals surface area contributed by atoms with E-state index in [2.05, 4.69) is 27.9 Å². The van der Waals surface area contributed by atoms with Crippen molar-refractivity contribution in [3.63, 3.8) is 0 Å². The zero-order valence-corrected chi connectivity index (χ0v) is 12.1. The number of para-hydroxylation sites is 1. The highest BCUT2D eigenvalue weighted by Crippen LogP contribution is 2.27. The van der Waals surface area contributed by atoms with E-state index in [9.17, 15) is 0 Å². The van der Waals surface area contributed by atoms with Gasteiger partial charge in [0.2, 0.25) is 0 Å². The van der Waals surface area contributed by atoms with Crippen molar-refractivity contribution in [1.29, 1.82) is 0 Å². The fourth-order valence-electron chi connectivity index (χ4n) is 1.99. The van der Waals surface area contributed by atoms with Gasteiger partial charge in [-0.2, -0.15) is 0 Å². The van der Waals surface area contributed by atoms with Crippen molar-refractivity contribution in [3.05, 3.63) is 60.2 Å². The number of nitrogens with zero attached hydrogens (tertiary/aromatic N) is 3. The molecule has 4 heteroatoms. The lowest BCUT2D eigenvalue weighted by molar-refractivity contribution is 0.916. The van der Waals surface area contributed by atoms with E-state index < -0.39 is 0 Å². The summed E-state index contributed by atoms with van der Waals surface area (Å²) in [5.41, 5.74) is 2.08. The number of rotatable bonds is 4. The quantitative estimate of drug-likeness (QED) is 0.537. The predicted octanol–water partition coefficient (Wildman–Crippen LogP) is 3.88. The summed E-state index contributed by atoms with van der Waals surface area (Å²) in [6, 6.07) is 14.2. The number of hydrogen-bond acceptors (Lipinski definition) is 4. The Bertz CT molecular complexity index is 713. The minimum atomic E-state index is 0.824. The Kier molecular flexibility index (Phi) is 3.92. The first-order valence-corrected chi connectivity index (χ1v) is 7.63. The van der Waals surface area contributed by atoms with Crippen LogP contribution in [0.1, 0.15) is 18.4 Å². The highest BCUT2D eigenvalue weighted by Gasteiger charge is 2.07. The van der Waals surface area contributed by atoms with Crippen LogP contribution < -0.4 is 0 Å². The second-order valence-corrected chi connectivity index (χ2v) is 5.39. The number of benzene rings is 1. The van der Waals surface area contributed by atoms with E-state index in [4.69, 9.17) is 0 Å². The number of thioether (sulfide) groups is 1. The Morgan fingerprint density at radius 1 is 1.00 bits per heavy atom. The van der Waals surface area contributed by atoms with Crippen LogP contribution in [0.15, 0.2) is 53.7 Å². The molecule has 3 aromatic rings. The molecule has 0 spiro atoms. The molecule has 0 aliphatic carbocycles. The third kappa shape index (κ3) is 2.80. The van der Waals surface area contributed by atoms with Gasteiger partial charge >= 0.3 is 0 Å². The Labute approximate surface area is 122 Å². The van der Waals surface area contributed by atoms with Gasteiger partial charge in [-0.1, -0.05) is 43.0 Å². The molecule has 100 valence electrons. The SMILES string of the molecule is CCc1nc(SCc2ccccn2)c2ccccc2n1. The van der Waals surface area contributed by atoms with E-state index in [-0.39, 0.29) is 0 Å². The number of hydrogen-bond donors (Lipinski definition) is 0. The summed E-state index contributed by atoms with van der Waals surface area (Å²) in [6.07, 6.45) is 2.67. The van der Waals surface area contributed by atoms with Crippen LogP contribution in [0, 0.1) is 0 Å². The van der Waals surface area contributed by atoms with Gasteiger partial charge in [-0.3, -0.25) is 4.98 Å². The van der Waals surface area contributed by atoms with E-state index in [1.807, 2.05) is 42.6 Å². The molecule has 0 atom stereocenters. The van der Waals surface area contributed by atoms with Crippen molar-refractivity contribution in [1.82, 2.24) is 15.0 Å². The lowest BCUT2D eigenvalue weighted by Crippen LogP contribution is -1.96. The Morgan fingerprint density at radius 3 is 2.65 bits per heavy atom. The summed E-state index contributed by atoms with van der Waals surface area (Å²) in [5.74, 6) is 1.72. The van der Waals surface area contributed by atoms with Crippen LogP contribution in [-0.2, 0) is 12.2 Å². The second-order valence-electron chi connectivity index (χ2n) is 4.43. The summed E-state index contributed by atoms with van der Waals surface area (Å²) in [7, 11) is 0. The van der Waals surface area contributed by atoms with Gasteiger partial charge < -0.3 is 0 Å². The topological polar surface area (TPSA) is 38.7 Å². The van der Waals surface area contributed by atoms with Crippen molar-refractivity contribution in [3.8, 4) is 0 Å². The summed E-state index contributed by atoms with van der Waals surface area (Å²) < 4.78 is 0. The first-order valence-electron chi connectivity index (χ1n) is 6.65. The van der Waals surface area contributed by atoms with Gasteiger partial charge in [-0.25, -0.2) is 9.97 Å². The molecular formula is C16H15N3S. The molecule has 0 fully saturated rings. The summed E-state index contributed by atoms with van der Waals surface area (Å²) in [4.78, 5) is 13.6. The van der Waals surface area contributed by atoms with Crippen molar-refractivity contribution in [2.75, 3.05) is 0 Å². The van der Waals surface area contributed by atoms with Crippen LogP contribution in [0.4, 0.5) is 0 Å². The Morgan fingerprint density at radius 2 is 1.85 bits per heavy atom. The molecule has 1 aromatic carbocycles. The zero-order valence-electron chi connectivity index (χ0n) is 11.3. The molecule has 0 unspecified atom stereocenters. The first kappa shape index (κ1) is 13.1. The lowest BCUT2D eigenvalue weighted by atomic mass is 10.2. The van der Waals surface area contributed by atoms with Crippen LogP contribution in [0.5, 0.6) is 0 Å². The van der Waals surface area contributed by atoms with E-state index in [0.717, 1.165) is 39.6 Å². The van der Waals surface area contributed by atoms with E-state index in [0.29, 0.717) is 0 Å². The van der Waals surface area contributed by atoms with Gasteiger partial charge in [0, 0.05) is 23.8 Å². The van der Waals surface area contributed by atoms with Crippen LogP contribution in [0.25, 0.3) is 10.9 Å². The molecule has 20 heavy (non-hydrogen) atoms. The predicted molar refractivity (Wildman–Crippen MR) is 82.7 cm³/mol. The molecule has 0 aliphatic rings. The Hall–Kier alpha value is -1.94. The molecule has 2 heterocycles. The third-order valence-corrected chi connectivity index (χ3v) is 4.04. The van der Waals surface area contributed by atoms with Crippen molar-refractivity contribution >= 4 is 22.7 Å². The minimum Gasteiger partial charge on any atom is -0.260 e. The smallest absolute Gasteiger partial charge is 0.130 e. The van der Waals surface area contributed by atoms with Gasteiger partial charge in [-0.15, -0.1) is 0 Å². The average molecular weight is 281 g/mol. The van der Waals surface area contributed by atoms with Crippen LogP contribution in [0.3, 0.4) is 0 Å². The van der Waals surface area contributed by atoms with Gasteiger partial charge in [0.15, 0.2) is 0 Å². The highest BCUT2D eigenvalue weighted by molar-refractivity contribution is 7.98. The van der Waals surface area contributed by atoms with Gasteiger partial charge in [0.05, 0.1) is 11.2 Å². The maximum Gasteiger partial charge on any atom is 0.130 e. The molecule has 0 aliphatic heterocycles. The van der Waals surface area contributed by atoms with Gasteiger partial charge in [0.25, 0.3) is 0 Å². The molecule has 3 rings (SSSR count). The van der Waals surface area contributed by atoms with Crippen LogP contribution in [0.2, 0.25) is 0 Å². The maximum absolute atomic E-state index is 4.66. The van der Waals surface area contributed by atoms with Gasteiger partial charge in [0.1, 0.15) is 10.9 Å².